The van der Waals surface area contributed by atoms with Gasteiger partial charge in [0.2, 0.25) is 0 Å². The lowest BCUT2D eigenvalue weighted by molar-refractivity contribution is -0.385. The highest BCUT2D eigenvalue weighted by molar-refractivity contribution is 7.98. The minimum absolute atomic E-state index is 0.0803. The number of hydrogen-bond donors (Lipinski definition) is 1. The summed E-state index contributed by atoms with van der Waals surface area (Å²) in [7, 11) is 3.91. The van der Waals surface area contributed by atoms with Gasteiger partial charge in [-0.1, -0.05) is 12.1 Å². The number of rotatable bonds is 6. The van der Waals surface area contributed by atoms with Crippen molar-refractivity contribution in [2.24, 2.45) is 0 Å². The van der Waals surface area contributed by atoms with Gasteiger partial charge in [-0.15, -0.1) is 11.8 Å². The maximum Gasteiger partial charge on any atom is 0.282 e. The molecule has 0 atom stereocenters. The molecule has 0 aliphatic heterocycles. The second kappa shape index (κ2) is 7.83. The number of nitrogens with zero attached hydrogens (tertiary/aromatic N) is 2. The van der Waals surface area contributed by atoms with Gasteiger partial charge >= 0.3 is 0 Å². The second-order valence-electron chi connectivity index (χ2n) is 5.38. The minimum atomic E-state index is -0.537. The summed E-state index contributed by atoms with van der Waals surface area (Å²) in [6.45, 7) is 0.313. The number of hydrogen-bond acceptors (Lipinski definition) is 5. The molecule has 0 aliphatic rings. The first-order valence-corrected chi connectivity index (χ1v) is 8.51. The largest absolute Gasteiger partial charge is 0.378 e. The van der Waals surface area contributed by atoms with E-state index in [0.717, 1.165) is 16.1 Å². The highest BCUT2D eigenvalue weighted by Crippen LogP contribution is 2.24. The summed E-state index contributed by atoms with van der Waals surface area (Å²) in [5, 5.41) is 13.9. The second-order valence-corrected chi connectivity index (χ2v) is 6.26. The van der Waals surface area contributed by atoms with Crippen molar-refractivity contribution in [1.29, 1.82) is 0 Å². The third-order valence-corrected chi connectivity index (χ3v) is 4.28. The molecule has 2 rings (SSSR count). The van der Waals surface area contributed by atoms with E-state index in [1.807, 2.05) is 49.5 Å². The first-order valence-electron chi connectivity index (χ1n) is 7.29. The van der Waals surface area contributed by atoms with E-state index in [-0.39, 0.29) is 11.3 Å². The third kappa shape index (κ3) is 4.26. The van der Waals surface area contributed by atoms with Crippen molar-refractivity contribution in [3.05, 3.63) is 63.7 Å². The van der Waals surface area contributed by atoms with Gasteiger partial charge in [0.25, 0.3) is 11.6 Å². The Hall–Kier alpha value is -2.54. The number of thioether (sulfide) groups is 1. The van der Waals surface area contributed by atoms with Crippen LogP contribution in [0.5, 0.6) is 0 Å². The summed E-state index contributed by atoms with van der Waals surface area (Å²) in [5.74, 6) is -0.450. The Balaban J connectivity index is 2.13. The smallest absolute Gasteiger partial charge is 0.282 e. The van der Waals surface area contributed by atoms with E-state index < -0.39 is 10.8 Å². The molecule has 2 aromatic carbocycles. The van der Waals surface area contributed by atoms with Crippen LogP contribution in [0.4, 0.5) is 11.4 Å². The highest BCUT2D eigenvalue weighted by atomic mass is 32.2. The number of nitro groups is 1. The molecule has 0 bridgehead atoms. The lowest BCUT2D eigenvalue weighted by atomic mass is 10.1. The monoisotopic (exact) mass is 345 g/mol. The Bertz CT molecular complexity index is 745. The molecule has 0 fully saturated rings. The molecule has 2 aromatic rings. The van der Waals surface area contributed by atoms with Gasteiger partial charge in [0, 0.05) is 37.3 Å². The van der Waals surface area contributed by atoms with Gasteiger partial charge < -0.3 is 10.2 Å². The molecule has 7 heteroatoms. The standard InChI is InChI=1S/C17H19N3O3S/c1-19(2)13-6-4-12(5-7-13)11-18-17(21)15-10-14(24-3)8-9-16(15)20(22)23/h4-10H,11H2,1-3H3,(H,18,21). The molecule has 126 valence electrons. The van der Waals surface area contributed by atoms with Crippen molar-refractivity contribution in [2.75, 3.05) is 25.3 Å². The molecule has 1 amide bonds. The molecular weight excluding hydrogens is 326 g/mol. The van der Waals surface area contributed by atoms with Crippen LogP contribution >= 0.6 is 11.8 Å². The quantitative estimate of drug-likeness (QED) is 0.494. The van der Waals surface area contributed by atoms with Gasteiger partial charge in [0.15, 0.2) is 0 Å². The van der Waals surface area contributed by atoms with Crippen LogP contribution < -0.4 is 10.2 Å². The van der Waals surface area contributed by atoms with Gasteiger partial charge in [-0.3, -0.25) is 14.9 Å². The Morgan fingerprint density at radius 2 is 1.88 bits per heavy atom. The van der Waals surface area contributed by atoms with E-state index in [1.165, 1.54) is 17.8 Å². The minimum Gasteiger partial charge on any atom is -0.378 e. The summed E-state index contributed by atoms with van der Waals surface area (Å²) in [6, 6.07) is 12.3. The van der Waals surface area contributed by atoms with Crippen LogP contribution in [0, 0.1) is 10.1 Å². The molecule has 0 aliphatic carbocycles. The number of amides is 1. The average Bonchev–Trinajstić information content (AvgIpc) is 2.59. The van der Waals surface area contributed by atoms with E-state index >= 15 is 0 Å². The topological polar surface area (TPSA) is 75.5 Å². The van der Waals surface area contributed by atoms with Gasteiger partial charge in [-0.25, -0.2) is 0 Å². The van der Waals surface area contributed by atoms with E-state index in [1.54, 1.807) is 12.1 Å². The van der Waals surface area contributed by atoms with Crippen LogP contribution in [-0.4, -0.2) is 31.2 Å². The summed E-state index contributed by atoms with van der Waals surface area (Å²) < 4.78 is 0. The molecule has 0 unspecified atom stereocenters. The fourth-order valence-electron chi connectivity index (χ4n) is 2.17. The third-order valence-electron chi connectivity index (χ3n) is 3.55. The summed E-state index contributed by atoms with van der Waals surface area (Å²) >= 11 is 1.43. The molecular formula is C17H19N3O3S. The Morgan fingerprint density at radius 1 is 1.21 bits per heavy atom. The fourth-order valence-corrected chi connectivity index (χ4v) is 2.61. The van der Waals surface area contributed by atoms with Crippen LogP contribution in [0.1, 0.15) is 15.9 Å². The molecule has 1 N–H and O–H groups in total. The van der Waals surface area contributed by atoms with Crippen LogP contribution in [0.3, 0.4) is 0 Å². The van der Waals surface area contributed by atoms with Crippen molar-refractivity contribution >= 4 is 29.0 Å². The van der Waals surface area contributed by atoms with E-state index in [2.05, 4.69) is 5.32 Å². The van der Waals surface area contributed by atoms with Crippen molar-refractivity contribution in [1.82, 2.24) is 5.32 Å². The number of nitro benzene ring substituents is 1. The van der Waals surface area contributed by atoms with Crippen molar-refractivity contribution in [2.45, 2.75) is 11.4 Å². The molecule has 0 spiro atoms. The van der Waals surface area contributed by atoms with Crippen molar-refractivity contribution < 1.29 is 9.72 Å². The van der Waals surface area contributed by atoms with Crippen LogP contribution in [0.25, 0.3) is 0 Å². The lowest BCUT2D eigenvalue weighted by Crippen LogP contribution is -2.23. The van der Waals surface area contributed by atoms with Crippen molar-refractivity contribution in [3.8, 4) is 0 Å². The van der Waals surface area contributed by atoms with Gasteiger partial charge in [0.05, 0.1) is 4.92 Å². The summed E-state index contributed by atoms with van der Waals surface area (Å²) in [5.41, 5.74) is 1.89. The van der Waals surface area contributed by atoms with Gasteiger partial charge in [-0.2, -0.15) is 0 Å². The zero-order valence-electron chi connectivity index (χ0n) is 13.8. The SMILES string of the molecule is CSc1ccc([N+](=O)[O-])c(C(=O)NCc2ccc(N(C)C)cc2)c1. The van der Waals surface area contributed by atoms with E-state index in [9.17, 15) is 14.9 Å². The lowest BCUT2D eigenvalue weighted by Gasteiger charge is -2.13. The molecule has 0 saturated carbocycles. The van der Waals surface area contributed by atoms with Crippen LogP contribution in [0.15, 0.2) is 47.4 Å². The van der Waals surface area contributed by atoms with E-state index in [4.69, 9.17) is 0 Å². The fraction of sp³-hybridized carbons (Fsp3) is 0.235. The summed E-state index contributed by atoms with van der Waals surface area (Å²) in [6.07, 6.45) is 1.86. The Morgan fingerprint density at radius 3 is 2.42 bits per heavy atom. The number of carbonyl (C=O) groups excluding carboxylic acids is 1. The van der Waals surface area contributed by atoms with Crippen LogP contribution in [-0.2, 0) is 6.54 Å². The molecule has 0 saturated heterocycles. The number of nitrogens with one attached hydrogen (secondary N) is 1. The normalized spacial score (nSPS) is 10.3. The predicted molar refractivity (Wildman–Crippen MR) is 96.8 cm³/mol. The Labute approximate surface area is 145 Å². The molecule has 0 heterocycles. The highest BCUT2D eigenvalue weighted by Gasteiger charge is 2.20. The van der Waals surface area contributed by atoms with Gasteiger partial charge in [-0.05, 0) is 36.1 Å². The molecule has 6 nitrogen and oxygen atoms in total. The summed E-state index contributed by atoms with van der Waals surface area (Å²) in [4.78, 5) is 25.7. The molecule has 0 radical (unpaired) electrons. The number of anilines is 1. The van der Waals surface area contributed by atoms with Crippen molar-refractivity contribution in [3.63, 3.8) is 0 Å². The average molecular weight is 345 g/mol. The predicted octanol–water partition coefficient (Wildman–Crippen LogP) is 3.31. The van der Waals surface area contributed by atoms with Gasteiger partial charge in [0.1, 0.15) is 5.56 Å². The zero-order chi connectivity index (χ0) is 17.7. The number of benzene rings is 2. The zero-order valence-corrected chi connectivity index (χ0v) is 14.6. The maximum atomic E-state index is 12.4. The van der Waals surface area contributed by atoms with Crippen LogP contribution in [0.2, 0.25) is 0 Å². The molecule has 0 aromatic heterocycles. The Kier molecular flexibility index (Phi) is 5.81. The molecule has 24 heavy (non-hydrogen) atoms. The first kappa shape index (κ1) is 17.8. The number of carbonyl (C=O) groups is 1. The first-order chi connectivity index (χ1) is 11.4. The maximum absolute atomic E-state index is 12.4. The van der Waals surface area contributed by atoms with E-state index in [0.29, 0.717) is 6.54 Å².